The Bertz CT molecular complexity index is 907. The van der Waals surface area contributed by atoms with Crippen LogP contribution in [0.3, 0.4) is 0 Å². The summed E-state index contributed by atoms with van der Waals surface area (Å²) in [5.74, 6) is -1.52. The Morgan fingerprint density at radius 1 is 1.03 bits per heavy atom. The third kappa shape index (κ3) is 4.20. The van der Waals surface area contributed by atoms with Gasteiger partial charge in [-0.1, -0.05) is 0 Å². The Balaban J connectivity index is 1.37. The standard InChI is InChI=1S/C22H28N4O5/c1-13-11-23-12-14(2)25(13)8-3-9-31-15-4-5-16-17(10-15)22(30)26(21(16)29)18-6-7-19(27)24-20(18)28/h4-5,10,13-14,18,23H,3,6-9,11-12H2,1-2H3,(H,24,27,28)/t13-,14+,18?. The molecule has 3 atom stereocenters. The molecule has 31 heavy (non-hydrogen) atoms. The molecule has 0 bridgehead atoms. The lowest BCUT2D eigenvalue weighted by molar-refractivity contribution is -0.136. The lowest BCUT2D eigenvalue weighted by atomic mass is 10.0. The maximum atomic E-state index is 12.9. The van der Waals surface area contributed by atoms with Gasteiger partial charge in [-0.05, 0) is 44.9 Å². The topological polar surface area (TPSA) is 108 Å². The van der Waals surface area contributed by atoms with Gasteiger partial charge in [0.1, 0.15) is 11.8 Å². The van der Waals surface area contributed by atoms with Gasteiger partial charge in [-0.15, -0.1) is 0 Å². The van der Waals surface area contributed by atoms with E-state index in [-0.39, 0.29) is 24.0 Å². The molecule has 2 N–H and O–H groups in total. The van der Waals surface area contributed by atoms with Crippen molar-refractivity contribution >= 4 is 23.6 Å². The number of piperazine rings is 1. The summed E-state index contributed by atoms with van der Waals surface area (Å²) in [5, 5.41) is 5.61. The summed E-state index contributed by atoms with van der Waals surface area (Å²) < 4.78 is 5.84. The van der Waals surface area contributed by atoms with Gasteiger partial charge in [0, 0.05) is 38.1 Å². The van der Waals surface area contributed by atoms with Crippen LogP contribution in [0.15, 0.2) is 18.2 Å². The zero-order chi connectivity index (χ0) is 22.1. The van der Waals surface area contributed by atoms with E-state index in [2.05, 4.69) is 29.4 Å². The minimum atomic E-state index is -0.961. The number of carbonyl (C=O) groups excluding carboxylic acids is 4. The second kappa shape index (κ2) is 8.76. The van der Waals surface area contributed by atoms with Crippen LogP contribution in [0.1, 0.15) is 53.8 Å². The second-order valence-corrected chi connectivity index (χ2v) is 8.45. The van der Waals surface area contributed by atoms with Crippen molar-refractivity contribution in [3.8, 4) is 5.75 Å². The maximum absolute atomic E-state index is 12.9. The fourth-order valence-electron chi connectivity index (χ4n) is 4.59. The van der Waals surface area contributed by atoms with Gasteiger partial charge in [0.05, 0.1) is 17.7 Å². The number of nitrogens with one attached hydrogen (secondary N) is 2. The highest BCUT2D eigenvalue weighted by atomic mass is 16.5. The molecule has 3 aliphatic heterocycles. The van der Waals surface area contributed by atoms with E-state index in [9.17, 15) is 19.2 Å². The molecule has 0 radical (unpaired) electrons. The van der Waals surface area contributed by atoms with Gasteiger partial charge in [-0.25, -0.2) is 0 Å². The number of hydrogen-bond acceptors (Lipinski definition) is 7. The molecule has 3 aliphatic rings. The second-order valence-electron chi connectivity index (χ2n) is 8.45. The van der Waals surface area contributed by atoms with E-state index in [1.54, 1.807) is 18.2 Å². The summed E-state index contributed by atoms with van der Waals surface area (Å²) in [6, 6.07) is 4.80. The van der Waals surface area contributed by atoms with Gasteiger partial charge in [-0.2, -0.15) is 0 Å². The molecule has 3 heterocycles. The molecule has 9 heteroatoms. The average molecular weight is 428 g/mol. The molecule has 2 saturated heterocycles. The minimum Gasteiger partial charge on any atom is -0.494 e. The van der Waals surface area contributed by atoms with Crippen LogP contribution in [-0.4, -0.2) is 77.8 Å². The number of piperidine rings is 1. The van der Waals surface area contributed by atoms with Crippen molar-refractivity contribution in [2.45, 2.75) is 51.2 Å². The number of nitrogens with zero attached hydrogens (tertiary/aromatic N) is 2. The molecule has 1 aromatic rings. The van der Waals surface area contributed by atoms with Crippen molar-refractivity contribution in [3.63, 3.8) is 0 Å². The maximum Gasteiger partial charge on any atom is 0.262 e. The lowest BCUT2D eigenvalue weighted by Gasteiger charge is -2.39. The number of rotatable bonds is 6. The molecule has 0 aliphatic carbocycles. The number of benzene rings is 1. The first kappa shape index (κ1) is 21.5. The molecule has 4 rings (SSSR count). The summed E-state index contributed by atoms with van der Waals surface area (Å²) in [6.45, 7) is 7.81. The lowest BCUT2D eigenvalue weighted by Crippen LogP contribution is -2.55. The Morgan fingerprint density at radius 2 is 1.74 bits per heavy atom. The molecule has 0 spiro atoms. The summed E-state index contributed by atoms with van der Waals surface area (Å²) in [5.41, 5.74) is 0.488. The monoisotopic (exact) mass is 428 g/mol. The Morgan fingerprint density at radius 3 is 2.45 bits per heavy atom. The first-order valence-electron chi connectivity index (χ1n) is 10.8. The SMILES string of the molecule is C[C@@H]1CNC[C@H](C)N1CCCOc1ccc2c(c1)C(=O)N(C1CCC(=O)NC1=O)C2=O. The van der Waals surface area contributed by atoms with Crippen molar-refractivity contribution < 1.29 is 23.9 Å². The minimum absolute atomic E-state index is 0.0997. The van der Waals surface area contributed by atoms with Crippen LogP contribution in [-0.2, 0) is 9.59 Å². The Kier molecular flexibility index (Phi) is 6.06. The van der Waals surface area contributed by atoms with E-state index in [0.29, 0.717) is 24.4 Å². The third-order valence-corrected chi connectivity index (χ3v) is 6.25. The normalized spacial score (nSPS) is 26.8. The summed E-state index contributed by atoms with van der Waals surface area (Å²) in [7, 11) is 0. The number of fused-ring (bicyclic) bond motifs is 1. The molecule has 4 amide bonds. The van der Waals surface area contributed by atoms with Crippen LogP contribution in [0.4, 0.5) is 0 Å². The third-order valence-electron chi connectivity index (χ3n) is 6.25. The van der Waals surface area contributed by atoms with Crippen molar-refractivity contribution in [1.29, 1.82) is 0 Å². The van der Waals surface area contributed by atoms with Crippen LogP contribution in [0.2, 0.25) is 0 Å². The number of hydrogen-bond donors (Lipinski definition) is 2. The van der Waals surface area contributed by atoms with Gasteiger partial charge < -0.3 is 10.1 Å². The molecule has 1 aromatic carbocycles. The molecular weight excluding hydrogens is 400 g/mol. The van der Waals surface area contributed by atoms with Crippen LogP contribution in [0.25, 0.3) is 0 Å². The van der Waals surface area contributed by atoms with Gasteiger partial charge in [0.25, 0.3) is 11.8 Å². The fourth-order valence-corrected chi connectivity index (χ4v) is 4.59. The Labute approximate surface area is 181 Å². The number of imide groups is 2. The summed E-state index contributed by atoms with van der Waals surface area (Å²) in [6.07, 6.45) is 1.09. The van der Waals surface area contributed by atoms with Gasteiger partial charge in [0.15, 0.2) is 0 Å². The van der Waals surface area contributed by atoms with Crippen LogP contribution in [0.5, 0.6) is 5.75 Å². The molecule has 1 unspecified atom stereocenters. The fraction of sp³-hybridized carbons (Fsp3) is 0.545. The van der Waals surface area contributed by atoms with Crippen molar-refractivity contribution in [3.05, 3.63) is 29.3 Å². The molecule has 0 saturated carbocycles. The highest BCUT2D eigenvalue weighted by Gasteiger charge is 2.44. The molecule has 9 nitrogen and oxygen atoms in total. The Hall–Kier alpha value is -2.78. The predicted octanol–water partition coefficient (Wildman–Crippen LogP) is 0.539. The predicted molar refractivity (Wildman–Crippen MR) is 112 cm³/mol. The van der Waals surface area contributed by atoms with E-state index >= 15 is 0 Å². The van der Waals surface area contributed by atoms with E-state index in [1.807, 2.05) is 0 Å². The van der Waals surface area contributed by atoms with Crippen molar-refractivity contribution in [1.82, 2.24) is 20.4 Å². The molecular formula is C22H28N4O5. The van der Waals surface area contributed by atoms with Crippen LogP contribution >= 0.6 is 0 Å². The van der Waals surface area contributed by atoms with Gasteiger partial charge >= 0.3 is 0 Å². The van der Waals surface area contributed by atoms with E-state index in [4.69, 9.17) is 4.74 Å². The van der Waals surface area contributed by atoms with Gasteiger partial charge in [-0.3, -0.25) is 34.3 Å². The molecule has 166 valence electrons. The highest BCUT2D eigenvalue weighted by Crippen LogP contribution is 2.30. The van der Waals surface area contributed by atoms with Crippen LogP contribution in [0, 0.1) is 0 Å². The average Bonchev–Trinajstić information content (AvgIpc) is 2.97. The van der Waals surface area contributed by atoms with E-state index in [0.717, 1.165) is 31.0 Å². The summed E-state index contributed by atoms with van der Waals surface area (Å²) >= 11 is 0. The zero-order valence-corrected chi connectivity index (χ0v) is 17.8. The first-order chi connectivity index (χ1) is 14.9. The largest absolute Gasteiger partial charge is 0.494 e. The first-order valence-corrected chi connectivity index (χ1v) is 10.8. The number of ether oxygens (including phenoxy) is 1. The summed E-state index contributed by atoms with van der Waals surface area (Å²) in [4.78, 5) is 52.5. The zero-order valence-electron chi connectivity index (χ0n) is 17.8. The number of amides is 4. The van der Waals surface area contributed by atoms with Gasteiger partial charge in [0.2, 0.25) is 11.8 Å². The van der Waals surface area contributed by atoms with Crippen molar-refractivity contribution in [2.24, 2.45) is 0 Å². The molecule has 2 fully saturated rings. The number of carbonyl (C=O) groups is 4. The highest BCUT2D eigenvalue weighted by molar-refractivity contribution is 6.23. The quantitative estimate of drug-likeness (QED) is 0.503. The molecule has 0 aromatic heterocycles. The smallest absolute Gasteiger partial charge is 0.262 e. The van der Waals surface area contributed by atoms with E-state index < -0.39 is 29.7 Å². The van der Waals surface area contributed by atoms with Crippen LogP contribution < -0.4 is 15.4 Å². The van der Waals surface area contributed by atoms with E-state index in [1.165, 1.54) is 0 Å². The van der Waals surface area contributed by atoms with Crippen molar-refractivity contribution in [2.75, 3.05) is 26.2 Å².